The highest BCUT2D eigenvalue weighted by Gasteiger charge is 1.82. The Morgan fingerprint density at radius 2 is 2.00 bits per heavy atom. The average Bonchev–Trinajstić information content (AvgIpc) is 2.02. The van der Waals surface area contributed by atoms with E-state index in [-0.39, 0.29) is 6.61 Å². The van der Waals surface area contributed by atoms with Gasteiger partial charge < -0.3 is 14.6 Å². The van der Waals surface area contributed by atoms with Gasteiger partial charge in [0.2, 0.25) is 0 Å². The van der Waals surface area contributed by atoms with Crippen molar-refractivity contribution in [3.8, 4) is 0 Å². The lowest BCUT2D eigenvalue weighted by molar-refractivity contribution is -0.0979. The lowest BCUT2D eigenvalue weighted by Gasteiger charge is -1.97. The van der Waals surface area contributed by atoms with Crippen molar-refractivity contribution in [2.75, 3.05) is 19.8 Å². The molecule has 0 radical (unpaired) electrons. The fraction of sp³-hybridized carbons (Fsp3) is 0.857. The van der Waals surface area contributed by atoms with Crippen LogP contribution in [0.1, 0.15) is 19.8 Å². The first-order valence-electron chi connectivity index (χ1n) is 3.39. The fourth-order valence-electron chi connectivity index (χ4n) is 0.413. The number of aliphatic hydroxyl groups excluding tert-OH is 1. The van der Waals surface area contributed by atoms with Gasteiger partial charge in [0.05, 0.1) is 13.2 Å². The van der Waals surface area contributed by atoms with Gasteiger partial charge in [0.25, 0.3) is 0 Å². The summed E-state index contributed by atoms with van der Waals surface area (Å²) < 4.78 is 4.97. The van der Waals surface area contributed by atoms with Crippen LogP contribution in [0.15, 0.2) is 0 Å². The standard InChI is InChI=1S/C6H14O2.CH2O/c1-2-3-5-8-6-4-7;1-2/h7H,2-6H2,1H3;1H2. The summed E-state index contributed by atoms with van der Waals surface area (Å²) in [4.78, 5) is 8.00. The molecule has 3 heteroatoms. The minimum atomic E-state index is 0.143. The Balaban J connectivity index is 0. The van der Waals surface area contributed by atoms with Crippen LogP contribution in [0.2, 0.25) is 0 Å². The molecule has 0 spiro atoms. The van der Waals surface area contributed by atoms with E-state index in [1.165, 1.54) is 0 Å². The largest absolute Gasteiger partial charge is 0.394 e. The number of carbonyl (C=O) groups is 1. The smallest absolute Gasteiger partial charge is 0.106 e. The quantitative estimate of drug-likeness (QED) is 0.581. The second-order valence-corrected chi connectivity index (χ2v) is 1.69. The zero-order valence-corrected chi connectivity index (χ0v) is 6.51. The summed E-state index contributed by atoms with van der Waals surface area (Å²) in [6.07, 6.45) is 2.26. The molecule has 0 heterocycles. The van der Waals surface area contributed by atoms with Crippen LogP contribution in [0.4, 0.5) is 0 Å². The maximum atomic E-state index is 8.24. The van der Waals surface area contributed by atoms with E-state index in [1.807, 2.05) is 6.79 Å². The molecule has 0 aliphatic heterocycles. The normalized spacial score (nSPS) is 8.20. The van der Waals surface area contributed by atoms with E-state index in [9.17, 15) is 0 Å². The van der Waals surface area contributed by atoms with Crippen molar-refractivity contribution in [2.24, 2.45) is 0 Å². The molecular weight excluding hydrogens is 132 g/mol. The summed E-state index contributed by atoms with van der Waals surface area (Å²) in [5.41, 5.74) is 0. The maximum Gasteiger partial charge on any atom is 0.106 e. The van der Waals surface area contributed by atoms with E-state index in [0.717, 1.165) is 19.4 Å². The SMILES string of the molecule is C=O.CCCCOCCO. The van der Waals surface area contributed by atoms with Gasteiger partial charge in [-0.2, -0.15) is 0 Å². The van der Waals surface area contributed by atoms with E-state index in [2.05, 4.69) is 6.92 Å². The number of aliphatic hydroxyl groups is 1. The zero-order chi connectivity index (χ0) is 8.24. The van der Waals surface area contributed by atoms with Crippen LogP contribution >= 0.6 is 0 Å². The summed E-state index contributed by atoms with van der Waals surface area (Å²) in [6, 6.07) is 0. The lowest BCUT2D eigenvalue weighted by atomic mass is 10.4. The number of carbonyl (C=O) groups excluding carboxylic acids is 1. The number of hydrogen-bond acceptors (Lipinski definition) is 3. The molecule has 0 saturated carbocycles. The van der Waals surface area contributed by atoms with Crippen molar-refractivity contribution in [2.45, 2.75) is 19.8 Å². The Kier molecular flexibility index (Phi) is 19.5. The highest BCUT2D eigenvalue weighted by molar-refractivity contribution is 5.10. The highest BCUT2D eigenvalue weighted by atomic mass is 16.5. The predicted molar refractivity (Wildman–Crippen MR) is 39.9 cm³/mol. The van der Waals surface area contributed by atoms with Crippen LogP contribution in [0.5, 0.6) is 0 Å². The second kappa shape index (κ2) is 15.8. The molecule has 0 bridgehead atoms. The molecule has 0 aromatic rings. The fourth-order valence-corrected chi connectivity index (χ4v) is 0.413. The topological polar surface area (TPSA) is 46.5 Å². The van der Waals surface area contributed by atoms with Crippen LogP contribution in [0.25, 0.3) is 0 Å². The number of ether oxygens (including phenoxy) is 1. The molecule has 0 fully saturated rings. The summed E-state index contributed by atoms with van der Waals surface area (Å²) in [6.45, 7) is 5.53. The van der Waals surface area contributed by atoms with Crippen molar-refractivity contribution in [1.82, 2.24) is 0 Å². The maximum absolute atomic E-state index is 8.24. The number of unbranched alkanes of at least 4 members (excludes halogenated alkanes) is 1. The van der Waals surface area contributed by atoms with Crippen LogP contribution in [0.3, 0.4) is 0 Å². The monoisotopic (exact) mass is 148 g/mol. The van der Waals surface area contributed by atoms with Gasteiger partial charge in [0, 0.05) is 6.61 Å². The van der Waals surface area contributed by atoms with Gasteiger partial charge in [0.1, 0.15) is 6.79 Å². The van der Waals surface area contributed by atoms with Gasteiger partial charge in [0.15, 0.2) is 0 Å². The Morgan fingerprint density at radius 1 is 1.40 bits per heavy atom. The molecule has 0 aliphatic carbocycles. The van der Waals surface area contributed by atoms with Crippen LogP contribution < -0.4 is 0 Å². The zero-order valence-electron chi connectivity index (χ0n) is 6.51. The summed E-state index contributed by atoms with van der Waals surface area (Å²) in [5, 5.41) is 8.24. The molecule has 0 aromatic heterocycles. The lowest BCUT2D eigenvalue weighted by Crippen LogP contribution is -1.99. The highest BCUT2D eigenvalue weighted by Crippen LogP contribution is 1.85. The average molecular weight is 148 g/mol. The van der Waals surface area contributed by atoms with E-state index >= 15 is 0 Å². The van der Waals surface area contributed by atoms with Gasteiger partial charge in [-0.1, -0.05) is 13.3 Å². The van der Waals surface area contributed by atoms with E-state index in [1.54, 1.807) is 0 Å². The first-order valence-corrected chi connectivity index (χ1v) is 3.39. The van der Waals surface area contributed by atoms with Gasteiger partial charge in [-0.3, -0.25) is 0 Å². The van der Waals surface area contributed by atoms with Crippen molar-refractivity contribution >= 4 is 6.79 Å². The molecule has 0 rings (SSSR count). The third-order valence-electron chi connectivity index (χ3n) is 0.878. The number of hydrogen-bond donors (Lipinski definition) is 1. The molecule has 0 saturated heterocycles. The molecule has 3 nitrogen and oxygen atoms in total. The molecule has 62 valence electrons. The molecule has 0 amide bonds. The van der Waals surface area contributed by atoms with Crippen molar-refractivity contribution in [3.05, 3.63) is 0 Å². The van der Waals surface area contributed by atoms with Crippen LogP contribution in [-0.2, 0) is 9.53 Å². The Labute approximate surface area is 62.0 Å². The molecule has 0 unspecified atom stereocenters. The van der Waals surface area contributed by atoms with Crippen molar-refractivity contribution < 1.29 is 14.6 Å². The molecule has 10 heavy (non-hydrogen) atoms. The summed E-state index contributed by atoms with van der Waals surface area (Å²) in [7, 11) is 0. The molecule has 1 N–H and O–H groups in total. The molecular formula is C7H16O3. The Morgan fingerprint density at radius 3 is 2.40 bits per heavy atom. The summed E-state index contributed by atoms with van der Waals surface area (Å²) in [5.74, 6) is 0. The van der Waals surface area contributed by atoms with Crippen molar-refractivity contribution in [3.63, 3.8) is 0 Å². The van der Waals surface area contributed by atoms with Gasteiger partial charge in [-0.25, -0.2) is 0 Å². The molecule has 0 aromatic carbocycles. The number of rotatable bonds is 5. The summed E-state index contributed by atoms with van der Waals surface area (Å²) >= 11 is 0. The molecule has 0 atom stereocenters. The predicted octanol–water partition coefficient (Wildman–Crippen LogP) is 0.611. The first-order chi connectivity index (χ1) is 4.91. The third-order valence-corrected chi connectivity index (χ3v) is 0.878. The van der Waals surface area contributed by atoms with E-state index in [4.69, 9.17) is 14.6 Å². The van der Waals surface area contributed by atoms with E-state index in [0.29, 0.717) is 6.61 Å². The van der Waals surface area contributed by atoms with E-state index < -0.39 is 0 Å². The van der Waals surface area contributed by atoms with Gasteiger partial charge in [-0.15, -0.1) is 0 Å². The van der Waals surface area contributed by atoms with Crippen molar-refractivity contribution in [1.29, 1.82) is 0 Å². The van der Waals surface area contributed by atoms with Gasteiger partial charge in [-0.05, 0) is 6.42 Å². The Hall–Kier alpha value is -0.410. The van der Waals surface area contributed by atoms with Crippen LogP contribution in [0, 0.1) is 0 Å². The first kappa shape index (κ1) is 12.3. The second-order valence-electron chi connectivity index (χ2n) is 1.69. The minimum absolute atomic E-state index is 0.143. The third kappa shape index (κ3) is 15.6. The van der Waals surface area contributed by atoms with Crippen LogP contribution in [-0.4, -0.2) is 31.7 Å². The minimum Gasteiger partial charge on any atom is -0.394 e. The molecule has 0 aliphatic rings. The Bertz CT molecular complexity index is 42.1. The van der Waals surface area contributed by atoms with Gasteiger partial charge >= 0.3 is 0 Å².